The van der Waals surface area contributed by atoms with Gasteiger partial charge in [-0.3, -0.25) is 4.79 Å². The third-order valence-electron chi connectivity index (χ3n) is 4.39. The SMILES string of the molecule is O=C([O-])c1cc(F)c(F)cc1C(=O)NC1CCOC(c2ccc(F)cc2)C1.[Na+]. The molecule has 2 atom stereocenters. The van der Waals surface area contributed by atoms with Crippen molar-refractivity contribution in [3.05, 3.63) is 70.5 Å². The molecule has 9 heteroatoms. The number of nitrogens with one attached hydrogen (secondary N) is 1. The Morgan fingerprint density at radius 2 is 1.64 bits per heavy atom. The number of hydrogen-bond donors (Lipinski definition) is 1. The Bertz CT molecular complexity index is 876. The zero-order chi connectivity index (χ0) is 19.6. The van der Waals surface area contributed by atoms with E-state index in [-0.39, 0.29) is 47.5 Å². The molecule has 1 N–H and O–H groups in total. The Labute approximate surface area is 181 Å². The van der Waals surface area contributed by atoms with Crippen LogP contribution in [0.3, 0.4) is 0 Å². The van der Waals surface area contributed by atoms with Gasteiger partial charge in [-0.1, -0.05) is 12.1 Å². The first-order chi connectivity index (χ1) is 12.8. The molecule has 0 bridgehead atoms. The van der Waals surface area contributed by atoms with Crippen LogP contribution in [0.1, 0.15) is 45.2 Å². The van der Waals surface area contributed by atoms with Gasteiger partial charge in [0, 0.05) is 18.2 Å². The first-order valence-corrected chi connectivity index (χ1v) is 8.23. The number of benzene rings is 2. The summed E-state index contributed by atoms with van der Waals surface area (Å²) in [5.41, 5.74) is -0.508. The van der Waals surface area contributed by atoms with E-state index >= 15 is 0 Å². The normalized spacial score (nSPS) is 18.8. The van der Waals surface area contributed by atoms with Gasteiger partial charge >= 0.3 is 29.6 Å². The van der Waals surface area contributed by atoms with Gasteiger partial charge in [-0.2, -0.15) is 0 Å². The van der Waals surface area contributed by atoms with E-state index in [1.165, 1.54) is 12.1 Å². The van der Waals surface area contributed by atoms with Crippen LogP contribution in [0.25, 0.3) is 0 Å². The Balaban J connectivity index is 0.00000280. The van der Waals surface area contributed by atoms with Crippen LogP contribution < -0.4 is 40.0 Å². The minimum absolute atomic E-state index is 0. The third kappa shape index (κ3) is 5.14. The van der Waals surface area contributed by atoms with Gasteiger partial charge in [-0.25, -0.2) is 13.2 Å². The number of carbonyl (C=O) groups excluding carboxylic acids is 2. The van der Waals surface area contributed by atoms with Crippen molar-refractivity contribution in [2.75, 3.05) is 6.61 Å². The zero-order valence-electron chi connectivity index (χ0n) is 15.0. The second-order valence-corrected chi connectivity index (χ2v) is 6.21. The van der Waals surface area contributed by atoms with E-state index in [0.717, 1.165) is 5.56 Å². The second-order valence-electron chi connectivity index (χ2n) is 6.21. The molecule has 3 rings (SSSR count). The Morgan fingerprint density at radius 3 is 2.25 bits per heavy atom. The molecule has 2 unspecified atom stereocenters. The van der Waals surface area contributed by atoms with Crippen molar-refractivity contribution in [2.45, 2.75) is 25.0 Å². The summed E-state index contributed by atoms with van der Waals surface area (Å²) in [5.74, 6) is -5.73. The summed E-state index contributed by atoms with van der Waals surface area (Å²) in [6.45, 7) is 0.318. The van der Waals surface area contributed by atoms with Crippen LogP contribution >= 0.6 is 0 Å². The number of carboxylic acid groups (broad SMARTS) is 1. The van der Waals surface area contributed by atoms with E-state index in [1.54, 1.807) is 12.1 Å². The number of amides is 1. The first kappa shape index (κ1) is 22.4. The van der Waals surface area contributed by atoms with Gasteiger partial charge in [-0.15, -0.1) is 0 Å². The van der Waals surface area contributed by atoms with Crippen LogP contribution in [0, 0.1) is 17.5 Å². The molecule has 142 valence electrons. The summed E-state index contributed by atoms with van der Waals surface area (Å²) in [6.07, 6.45) is 0.436. The number of rotatable bonds is 4. The molecule has 2 aromatic carbocycles. The predicted molar refractivity (Wildman–Crippen MR) is 86.3 cm³/mol. The molecule has 0 radical (unpaired) electrons. The molecule has 0 aliphatic carbocycles. The topological polar surface area (TPSA) is 78.5 Å². The maximum absolute atomic E-state index is 13.5. The van der Waals surface area contributed by atoms with Gasteiger partial charge in [0.05, 0.1) is 17.6 Å². The van der Waals surface area contributed by atoms with E-state index < -0.39 is 34.6 Å². The molecule has 1 aliphatic heterocycles. The van der Waals surface area contributed by atoms with Crippen LogP contribution in [-0.4, -0.2) is 24.5 Å². The molecule has 1 saturated heterocycles. The Hall–Kier alpha value is -1.87. The van der Waals surface area contributed by atoms with Gasteiger partial charge in [-0.05, 0) is 42.7 Å². The van der Waals surface area contributed by atoms with Crippen molar-refractivity contribution in [1.82, 2.24) is 5.32 Å². The Morgan fingerprint density at radius 1 is 1.04 bits per heavy atom. The van der Waals surface area contributed by atoms with Gasteiger partial charge in [0.2, 0.25) is 0 Å². The number of ether oxygens (including phenoxy) is 1. The van der Waals surface area contributed by atoms with Crippen molar-refractivity contribution in [2.24, 2.45) is 0 Å². The fourth-order valence-electron chi connectivity index (χ4n) is 3.00. The van der Waals surface area contributed by atoms with Crippen molar-refractivity contribution >= 4 is 11.9 Å². The molecule has 0 aromatic heterocycles. The van der Waals surface area contributed by atoms with Crippen molar-refractivity contribution < 1.29 is 62.2 Å². The van der Waals surface area contributed by atoms with E-state index in [4.69, 9.17) is 4.74 Å². The standard InChI is InChI=1S/C19H16F3NO4.Na/c20-11-3-1-10(2-4-11)17-7-12(5-6-27-17)23-18(24)13-8-15(21)16(22)9-14(13)19(25)26;/h1-4,8-9,12,17H,5-7H2,(H,23,24)(H,25,26);/q;+1/p-1. The molecule has 5 nitrogen and oxygen atoms in total. The molecule has 1 aliphatic rings. The van der Waals surface area contributed by atoms with E-state index in [2.05, 4.69) is 5.32 Å². The molecule has 2 aromatic rings. The summed E-state index contributed by atoms with van der Waals surface area (Å²) in [7, 11) is 0. The average Bonchev–Trinajstić information content (AvgIpc) is 2.64. The molecule has 28 heavy (non-hydrogen) atoms. The van der Waals surface area contributed by atoms with E-state index in [9.17, 15) is 27.9 Å². The maximum Gasteiger partial charge on any atom is 1.00 e. The molecular weight excluding hydrogens is 386 g/mol. The van der Waals surface area contributed by atoms with Gasteiger partial charge < -0.3 is 20.0 Å². The number of aromatic carboxylic acids is 1. The summed E-state index contributed by atoms with van der Waals surface area (Å²) in [4.78, 5) is 23.5. The summed E-state index contributed by atoms with van der Waals surface area (Å²) in [6, 6.07) is 6.32. The minimum Gasteiger partial charge on any atom is -0.545 e. The van der Waals surface area contributed by atoms with Gasteiger partial charge in [0.25, 0.3) is 5.91 Å². The zero-order valence-corrected chi connectivity index (χ0v) is 17.0. The van der Waals surface area contributed by atoms with Crippen molar-refractivity contribution in [3.63, 3.8) is 0 Å². The van der Waals surface area contributed by atoms with Crippen LogP contribution in [0.15, 0.2) is 36.4 Å². The fraction of sp³-hybridized carbons (Fsp3) is 0.263. The van der Waals surface area contributed by atoms with Gasteiger partial charge in [0.15, 0.2) is 11.6 Å². The van der Waals surface area contributed by atoms with Crippen LogP contribution in [0.5, 0.6) is 0 Å². The number of hydrogen-bond acceptors (Lipinski definition) is 4. The summed E-state index contributed by atoms with van der Waals surface area (Å²) < 4.78 is 45.4. The molecule has 1 heterocycles. The third-order valence-corrected chi connectivity index (χ3v) is 4.39. The summed E-state index contributed by atoms with van der Waals surface area (Å²) in [5, 5.41) is 13.7. The number of halogens is 3. The molecule has 1 fully saturated rings. The maximum atomic E-state index is 13.5. The summed E-state index contributed by atoms with van der Waals surface area (Å²) >= 11 is 0. The van der Waals surface area contributed by atoms with Gasteiger partial charge in [0.1, 0.15) is 5.82 Å². The monoisotopic (exact) mass is 401 g/mol. The largest absolute Gasteiger partial charge is 1.00 e. The minimum atomic E-state index is -1.78. The quantitative estimate of drug-likeness (QED) is 0.676. The smallest absolute Gasteiger partial charge is 0.545 e. The van der Waals surface area contributed by atoms with Crippen molar-refractivity contribution in [1.29, 1.82) is 0 Å². The first-order valence-electron chi connectivity index (χ1n) is 8.23. The fourth-order valence-corrected chi connectivity index (χ4v) is 3.00. The van der Waals surface area contributed by atoms with Crippen LogP contribution in [0.4, 0.5) is 13.2 Å². The second kappa shape index (κ2) is 9.56. The molecular formula is C19H15F3NNaO4. The molecule has 1 amide bonds. The van der Waals surface area contributed by atoms with E-state index in [0.29, 0.717) is 31.6 Å². The predicted octanol–water partition coefficient (Wildman–Crippen LogP) is -0.878. The van der Waals surface area contributed by atoms with Crippen LogP contribution in [0.2, 0.25) is 0 Å². The number of carboxylic acids is 1. The van der Waals surface area contributed by atoms with Crippen LogP contribution in [-0.2, 0) is 4.74 Å². The Kier molecular flexibility index (Phi) is 7.65. The average molecular weight is 401 g/mol. The molecule has 0 spiro atoms. The van der Waals surface area contributed by atoms with E-state index in [1.807, 2.05) is 0 Å². The van der Waals surface area contributed by atoms with Crippen molar-refractivity contribution in [3.8, 4) is 0 Å². The molecule has 0 saturated carbocycles. The number of carbonyl (C=O) groups is 2.